The first-order chi connectivity index (χ1) is 29.7. The highest BCUT2D eigenvalue weighted by molar-refractivity contribution is 6.08. The number of nitrogens with two attached hydrogens (primary N) is 1. The zero-order valence-corrected chi connectivity index (χ0v) is 34.8. The van der Waals surface area contributed by atoms with Gasteiger partial charge < -0.3 is 40.3 Å². The summed E-state index contributed by atoms with van der Waals surface area (Å²) in [6, 6.07) is 30.3. The van der Waals surface area contributed by atoms with Crippen molar-refractivity contribution in [2.24, 2.45) is 0 Å². The third kappa shape index (κ3) is 10.4. The molecule has 13 heteroatoms. The summed E-state index contributed by atoms with van der Waals surface area (Å²) in [5, 5.41) is 9.13. The van der Waals surface area contributed by atoms with Crippen LogP contribution in [0.4, 0.5) is 11.4 Å². The number of fused-ring (bicyclic) bond motifs is 2. The number of nitrogens with zero attached hydrogens (tertiary/aromatic N) is 6. The molecule has 13 nitrogen and oxygen atoms in total. The first-order valence-corrected chi connectivity index (χ1v) is 20.6. The summed E-state index contributed by atoms with van der Waals surface area (Å²) in [6.45, 7) is 4.42. The molecular formula is C48H52N10O3. The summed E-state index contributed by atoms with van der Waals surface area (Å²) in [7, 11) is 6.26. The predicted molar refractivity (Wildman–Crippen MR) is 243 cm³/mol. The number of carbonyl (C=O) groups excluding carboxylic acids is 1. The molecule has 312 valence electrons. The maximum absolute atomic E-state index is 12.9. The van der Waals surface area contributed by atoms with Crippen molar-refractivity contribution in [3.63, 3.8) is 0 Å². The minimum Gasteiger partial charge on any atom is -0.494 e. The molecule has 1 fully saturated rings. The Hall–Kier alpha value is -6.96. The van der Waals surface area contributed by atoms with Gasteiger partial charge in [0, 0.05) is 66.0 Å². The van der Waals surface area contributed by atoms with Crippen LogP contribution in [0, 0.1) is 0 Å². The Kier molecular flexibility index (Phi) is 12.7. The average Bonchev–Trinajstić information content (AvgIpc) is 4.02. The fraction of sp³-hybridized carbons (Fsp3) is 0.250. The molecule has 1 unspecified atom stereocenters. The number of anilines is 2. The van der Waals surface area contributed by atoms with Gasteiger partial charge in [0.2, 0.25) is 0 Å². The van der Waals surface area contributed by atoms with Crippen LogP contribution in [0.3, 0.4) is 0 Å². The van der Waals surface area contributed by atoms with Crippen molar-refractivity contribution < 1.29 is 14.3 Å². The number of benzene rings is 3. The molecule has 1 aliphatic heterocycles. The number of piperidine rings is 1. The number of hydrogen-bond donors (Lipinski definition) is 4. The third-order valence-corrected chi connectivity index (χ3v) is 10.7. The largest absolute Gasteiger partial charge is 0.494 e. The topological polar surface area (TPSA) is 155 Å². The van der Waals surface area contributed by atoms with Gasteiger partial charge in [-0.2, -0.15) is 5.10 Å². The Morgan fingerprint density at radius 2 is 1.61 bits per heavy atom. The Labute approximate surface area is 355 Å². The van der Waals surface area contributed by atoms with Gasteiger partial charge >= 0.3 is 0 Å². The van der Waals surface area contributed by atoms with Crippen LogP contribution < -0.4 is 20.5 Å². The maximum atomic E-state index is 12.9. The van der Waals surface area contributed by atoms with Crippen molar-refractivity contribution in [1.29, 1.82) is 0 Å². The molecule has 0 saturated carbocycles. The molecule has 5 N–H and O–H groups in total. The number of nitrogen functional groups attached to an aromatic ring is 1. The maximum Gasteiger partial charge on any atom is 0.258 e. The second-order valence-electron chi connectivity index (χ2n) is 15.8. The van der Waals surface area contributed by atoms with Gasteiger partial charge in [0.1, 0.15) is 28.9 Å². The van der Waals surface area contributed by atoms with Crippen LogP contribution >= 0.6 is 0 Å². The number of ether oxygens (including phenoxy) is 2. The highest BCUT2D eigenvalue weighted by Crippen LogP contribution is 2.31. The van der Waals surface area contributed by atoms with Gasteiger partial charge in [-0.15, -0.1) is 0 Å². The van der Waals surface area contributed by atoms with E-state index in [0.29, 0.717) is 30.0 Å². The van der Waals surface area contributed by atoms with Gasteiger partial charge in [-0.3, -0.25) is 9.48 Å². The number of pyridine rings is 2. The molecule has 0 spiro atoms. The summed E-state index contributed by atoms with van der Waals surface area (Å²) in [6.07, 6.45) is 14.1. The molecule has 6 heterocycles. The van der Waals surface area contributed by atoms with E-state index in [4.69, 9.17) is 15.2 Å². The van der Waals surface area contributed by atoms with Crippen molar-refractivity contribution in [2.45, 2.75) is 31.9 Å². The van der Waals surface area contributed by atoms with E-state index in [-0.39, 0.29) is 12.0 Å². The lowest BCUT2D eigenvalue weighted by atomic mass is 10.1. The minimum atomic E-state index is -0.221. The normalized spacial score (nSPS) is 14.2. The number of nitrogens with one attached hydrogen (secondary N) is 3. The van der Waals surface area contributed by atoms with Crippen LogP contribution in [-0.2, 0) is 6.54 Å². The number of carbonyl (C=O) groups is 1. The standard InChI is InChI=1S/C29H30N6O2.C19H22N4O/c1-34(2)13-6-14-37-25-11-9-22(10-12-25)23-15-26-27(18-31-28(26)30-16-23)33-29(36)24-17-32-35(20-24)19-21-7-4-3-5-8-21;1-23-7-3-6-16(12-23)24-15-5-2-4-13(8-15)14-9-17-18(20)11-22-19(17)21-10-14/h3-5,7-12,15-18,20H,6,13-14,19H2,1-2H3,(H,30,31)(H,33,36);2,4-5,8-11,16H,3,6-7,12,20H2,1H3,(H,21,22). The second-order valence-corrected chi connectivity index (χ2v) is 15.8. The predicted octanol–water partition coefficient (Wildman–Crippen LogP) is 8.34. The number of hydrogen-bond acceptors (Lipinski definition) is 9. The quantitative estimate of drug-likeness (QED) is 0.0841. The van der Waals surface area contributed by atoms with Crippen LogP contribution in [0.15, 0.2) is 128 Å². The van der Waals surface area contributed by atoms with E-state index in [1.807, 2.05) is 85.2 Å². The van der Waals surface area contributed by atoms with Gasteiger partial charge in [0.05, 0.1) is 36.3 Å². The smallest absolute Gasteiger partial charge is 0.258 e. The van der Waals surface area contributed by atoms with Gasteiger partial charge in [0.25, 0.3) is 5.91 Å². The van der Waals surface area contributed by atoms with Crippen molar-refractivity contribution in [1.82, 2.24) is 39.5 Å². The number of aromatic nitrogens is 6. The lowest BCUT2D eigenvalue weighted by molar-refractivity contribution is 0.102. The number of H-pyrrole nitrogens is 2. The van der Waals surface area contributed by atoms with E-state index in [9.17, 15) is 4.79 Å². The number of likely N-dealkylation sites (tertiary alicyclic amines) is 1. The van der Waals surface area contributed by atoms with Crippen molar-refractivity contribution in [3.05, 3.63) is 139 Å². The molecule has 1 aliphatic rings. The Balaban J connectivity index is 0.000000184. The Morgan fingerprint density at radius 3 is 2.39 bits per heavy atom. The molecule has 1 atom stereocenters. The van der Waals surface area contributed by atoms with Crippen molar-refractivity contribution in [3.8, 4) is 33.8 Å². The van der Waals surface area contributed by atoms with Gasteiger partial charge in [-0.25, -0.2) is 9.97 Å². The molecule has 61 heavy (non-hydrogen) atoms. The van der Waals surface area contributed by atoms with Crippen molar-refractivity contribution >= 4 is 39.3 Å². The van der Waals surface area contributed by atoms with E-state index in [1.165, 1.54) is 6.42 Å². The van der Waals surface area contributed by atoms with Gasteiger partial charge in [-0.05, 0) is 100 Å². The number of likely N-dealkylation sites (N-methyl/N-ethyl adjacent to an activating group) is 1. The number of rotatable bonds is 13. The Morgan fingerprint density at radius 1 is 0.852 bits per heavy atom. The van der Waals surface area contributed by atoms with E-state index in [1.54, 1.807) is 29.5 Å². The molecule has 1 amide bonds. The van der Waals surface area contributed by atoms with Crippen LogP contribution in [0.1, 0.15) is 35.2 Å². The lowest BCUT2D eigenvalue weighted by Gasteiger charge is -2.30. The van der Waals surface area contributed by atoms with E-state index in [0.717, 1.165) is 93.9 Å². The fourth-order valence-corrected chi connectivity index (χ4v) is 7.45. The second kappa shape index (κ2) is 19.0. The first kappa shape index (κ1) is 40.8. The zero-order chi connectivity index (χ0) is 42.1. The Bertz CT molecular complexity index is 2690. The van der Waals surface area contributed by atoms with Crippen LogP contribution in [0.5, 0.6) is 11.5 Å². The zero-order valence-electron chi connectivity index (χ0n) is 34.8. The SMILES string of the molecule is CN(C)CCCOc1ccc(-c2cnc3[nH]cc(NC(=O)c4cnn(Cc5ccccc5)c4)c3c2)cc1.CN1CCCC(Oc2cccc(-c3cnc4[nH]cc(N)c4c3)c2)C1. The van der Waals surface area contributed by atoms with Crippen molar-refractivity contribution in [2.75, 3.05) is 58.4 Å². The number of aromatic amines is 2. The summed E-state index contributed by atoms with van der Waals surface area (Å²) in [5.74, 6) is 1.54. The first-order valence-electron chi connectivity index (χ1n) is 20.6. The lowest BCUT2D eigenvalue weighted by Crippen LogP contribution is -2.38. The molecule has 0 bridgehead atoms. The average molecular weight is 817 g/mol. The molecule has 1 saturated heterocycles. The minimum absolute atomic E-state index is 0.221. The van der Waals surface area contributed by atoms with Crippen LogP contribution in [-0.4, -0.2) is 98.9 Å². The molecular weight excluding hydrogens is 765 g/mol. The molecule has 3 aromatic carbocycles. The van der Waals surface area contributed by atoms with Crippen LogP contribution in [0.2, 0.25) is 0 Å². The summed E-state index contributed by atoms with van der Waals surface area (Å²) >= 11 is 0. The van der Waals surface area contributed by atoms with Gasteiger partial charge in [-0.1, -0.05) is 54.6 Å². The van der Waals surface area contributed by atoms with E-state index < -0.39 is 0 Å². The summed E-state index contributed by atoms with van der Waals surface area (Å²) in [4.78, 5) is 32.6. The van der Waals surface area contributed by atoms with Gasteiger partial charge in [0.15, 0.2) is 0 Å². The summed E-state index contributed by atoms with van der Waals surface area (Å²) < 4.78 is 13.8. The highest BCUT2D eigenvalue weighted by Gasteiger charge is 2.19. The number of amides is 1. The monoisotopic (exact) mass is 816 g/mol. The summed E-state index contributed by atoms with van der Waals surface area (Å²) in [5.41, 5.74) is 14.6. The van der Waals surface area contributed by atoms with E-state index in [2.05, 4.69) is 79.5 Å². The molecule has 8 aromatic rings. The van der Waals surface area contributed by atoms with Crippen LogP contribution in [0.25, 0.3) is 44.3 Å². The molecule has 0 aliphatic carbocycles. The molecule has 0 radical (unpaired) electrons. The highest BCUT2D eigenvalue weighted by atomic mass is 16.5. The fourth-order valence-electron chi connectivity index (χ4n) is 7.45. The third-order valence-electron chi connectivity index (χ3n) is 10.7. The molecule has 9 rings (SSSR count). The molecule has 5 aromatic heterocycles. The van der Waals surface area contributed by atoms with E-state index >= 15 is 0 Å².